The van der Waals surface area contributed by atoms with Crippen molar-refractivity contribution in [3.05, 3.63) is 65.7 Å². The van der Waals surface area contributed by atoms with Crippen LogP contribution in [0.15, 0.2) is 54.6 Å². The summed E-state index contributed by atoms with van der Waals surface area (Å²) in [5, 5.41) is 2.42. The second kappa shape index (κ2) is 8.84. The highest BCUT2D eigenvalue weighted by molar-refractivity contribution is 7.83. The van der Waals surface area contributed by atoms with Crippen LogP contribution in [0.1, 0.15) is 11.1 Å². The van der Waals surface area contributed by atoms with Crippen molar-refractivity contribution in [3.8, 4) is 0 Å². The molecule has 0 aliphatic heterocycles. The van der Waals surface area contributed by atoms with Crippen molar-refractivity contribution < 1.29 is 22.2 Å². The van der Waals surface area contributed by atoms with Crippen LogP contribution in [0.4, 0.5) is 23.7 Å². The summed E-state index contributed by atoms with van der Waals surface area (Å²) in [6, 6.07) is 15.2. The van der Waals surface area contributed by atoms with Gasteiger partial charge in [-0.05, 0) is 23.3 Å². The molecule has 2 aromatic carbocycles. The predicted molar refractivity (Wildman–Crippen MR) is 96.1 cm³/mol. The Labute approximate surface area is 152 Å². The molecule has 1 atom stereocenters. The lowest BCUT2D eigenvalue weighted by Gasteiger charge is -2.19. The molecule has 0 aliphatic rings. The molecule has 0 saturated carbocycles. The Bertz CT molecular complexity index is 767. The molecule has 8 heteroatoms. The number of halogens is 3. The maximum atomic E-state index is 12.3. The molecule has 0 fully saturated rings. The van der Waals surface area contributed by atoms with E-state index in [1.54, 1.807) is 24.3 Å². The fraction of sp³-hybridized carbons (Fsp3) is 0.278. The number of nitrogens with zero attached hydrogens (tertiary/aromatic N) is 1. The summed E-state index contributed by atoms with van der Waals surface area (Å²) >= 11 is 0. The van der Waals surface area contributed by atoms with Gasteiger partial charge in [0.1, 0.15) is 6.54 Å². The van der Waals surface area contributed by atoms with Crippen molar-refractivity contribution in [2.45, 2.75) is 17.7 Å². The topological polar surface area (TPSA) is 49.4 Å². The first-order valence-electron chi connectivity index (χ1n) is 7.79. The highest BCUT2D eigenvalue weighted by atomic mass is 32.2. The van der Waals surface area contributed by atoms with Crippen LogP contribution in [0.3, 0.4) is 0 Å². The van der Waals surface area contributed by atoms with E-state index in [1.165, 1.54) is 0 Å². The van der Waals surface area contributed by atoms with Crippen LogP contribution >= 0.6 is 0 Å². The molecule has 0 radical (unpaired) electrons. The average Bonchev–Trinajstić information content (AvgIpc) is 2.54. The molecular formula is C18H19F3N2O2S. The van der Waals surface area contributed by atoms with Gasteiger partial charge in [0.2, 0.25) is 0 Å². The minimum atomic E-state index is -4.46. The van der Waals surface area contributed by atoms with Gasteiger partial charge in [-0.2, -0.15) is 13.2 Å². The number of hydrogen-bond donors (Lipinski definition) is 1. The van der Waals surface area contributed by atoms with Gasteiger partial charge in [-0.1, -0.05) is 42.5 Å². The maximum absolute atomic E-state index is 12.3. The maximum Gasteiger partial charge on any atom is 0.406 e. The number of nitrogens with one attached hydrogen (secondary N) is 1. The lowest BCUT2D eigenvalue weighted by molar-refractivity contribution is -0.137. The lowest BCUT2D eigenvalue weighted by atomic mass is 10.2. The molecule has 26 heavy (non-hydrogen) atoms. The average molecular weight is 384 g/mol. The van der Waals surface area contributed by atoms with E-state index in [9.17, 15) is 22.2 Å². The minimum absolute atomic E-state index is 0.289. The largest absolute Gasteiger partial charge is 0.406 e. The number of carbonyl (C=O) groups excluding carboxylic acids is 1. The van der Waals surface area contributed by atoms with Crippen molar-refractivity contribution >= 4 is 22.5 Å². The molecule has 1 unspecified atom stereocenters. The number of urea groups is 1. The summed E-state index contributed by atoms with van der Waals surface area (Å²) in [6.07, 6.45) is -4.46. The zero-order chi connectivity index (χ0) is 19.2. The molecule has 0 spiro atoms. The standard InChI is InChI=1S/C18H19F3N2O2S/c1-23(13-18(19,20)21)17(24)22-16-9-5-8-15(10-16)12-26(25)11-14-6-3-2-4-7-14/h2-10H,11-13H2,1H3,(H,22,24). The first-order valence-corrected chi connectivity index (χ1v) is 9.28. The van der Waals surface area contributed by atoms with Crippen molar-refractivity contribution in [2.75, 3.05) is 18.9 Å². The van der Waals surface area contributed by atoms with E-state index in [-0.39, 0.29) is 5.75 Å². The molecule has 0 heterocycles. The molecule has 0 bridgehead atoms. The predicted octanol–water partition coefficient (Wildman–Crippen LogP) is 4.16. The van der Waals surface area contributed by atoms with E-state index in [0.717, 1.165) is 18.2 Å². The van der Waals surface area contributed by atoms with Crippen molar-refractivity contribution in [3.63, 3.8) is 0 Å². The Balaban J connectivity index is 1.95. The van der Waals surface area contributed by atoms with Crippen molar-refractivity contribution in [2.24, 2.45) is 0 Å². The third-order valence-electron chi connectivity index (χ3n) is 3.44. The highest BCUT2D eigenvalue weighted by Crippen LogP contribution is 2.18. The van der Waals surface area contributed by atoms with E-state index in [4.69, 9.17) is 0 Å². The zero-order valence-corrected chi connectivity index (χ0v) is 14.9. The molecule has 0 aromatic heterocycles. The number of alkyl halides is 3. The second-order valence-electron chi connectivity index (χ2n) is 5.82. The molecule has 1 N–H and O–H groups in total. The molecule has 4 nitrogen and oxygen atoms in total. The van der Waals surface area contributed by atoms with Gasteiger partial charge in [0.05, 0.1) is 0 Å². The zero-order valence-electron chi connectivity index (χ0n) is 14.1. The van der Waals surface area contributed by atoms with Gasteiger partial charge in [0.25, 0.3) is 0 Å². The van der Waals surface area contributed by atoms with Crippen LogP contribution in [-0.2, 0) is 22.3 Å². The number of carbonyl (C=O) groups is 1. The van der Waals surface area contributed by atoms with Gasteiger partial charge in [-0.25, -0.2) is 4.79 Å². The Morgan fingerprint density at radius 1 is 1.04 bits per heavy atom. The fourth-order valence-corrected chi connectivity index (χ4v) is 3.51. The minimum Gasteiger partial charge on any atom is -0.318 e. The monoisotopic (exact) mass is 384 g/mol. The van der Waals surface area contributed by atoms with Crippen molar-refractivity contribution in [1.82, 2.24) is 4.90 Å². The molecule has 0 saturated heterocycles. The van der Waals surface area contributed by atoms with Gasteiger partial charge in [-0.3, -0.25) is 4.21 Å². The quantitative estimate of drug-likeness (QED) is 0.813. The summed E-state index contributed by atoms with van der Waals surface area (Å²) < 4.78 is 49.3. The number of rotatable bonds is 6. The number of amides is 2. The SMILES string of the molecule is CN(CC(F)(F)F)C(=O)Nc1cccc(CS(=O)Cc2ccccc2)c1. The van der Waals surface area contributed by atoms with E-state index < -0.39 is 29.6 Å². The molecule has 2 rings (SSSR count). The number of anilines is 1. The highest BCUT2D eigenvalue weighted by Gasteiger charge is 2.31. The molecular weight excluding hydrogens is 365 g/mol. The Hall–Kier alpha value is -2.35. The smallest absolute Gasteiger partial charge is 0.318 e. The molecule has 0 aliphatic carbocycles. The Morgan fingerprint density at radius 2 is 1.65 bits per heavy atom. The van der Waals surface area contributed by atoms with Gasteiger partial charge in [0.15, 0.2) is 0 Å². The molecule has 140 valence electrons. The number of hydrogen-bond acceptors (Lipinski definition) is 2. The van der Waals surface area contributed by atoms with E-state index in [1.807, 2.05) is 30.3 Å². The van der Waals surface area contributed by atoms with Gasteiger partial charge >= 0.3 is 12.2 Å². The Morgan fingerprint density at radius 3 is 2.31 bits per heavy atom. The van der Waals surface area contributed by atoms with Crippen LogP contribution in [0.2, 0.25) is 0 Å². The summed E-state index contributed by atoms with van der Waals surface area (Å²) in [5.74, 6) is 0.697. The fourth-order valence-electron chi connectivity index (χ4n) is 2.30. The van der Waals surface area contributed by atoms with E-state index in [2.05, 4.69) is 5.32 Å². The number of benzene rings is 2. The van der Waals surface area contributed by atoms with Gasteiger partial charge in [-0.15, -0.1) is 0 Å². The van der Waals surface area contributed by atoms with Crippen LogP contribution in [-0.4, -0.2) is 34.9 Å². The first-order chi connectivity index (χ1) is 12.2. The van der Waals surface area contributed by atoms with Crippen LogP contribution < -0.4 is 5.32 Å². The summed E-state index contributed by atoms with van der Waals surface area (Å²) in [7, 11) is -0.0660. The third kappa shape index (κ3) is 6.87. The van der Waals surface area contributed by atoms with Gasteiger partial charge < -0.3 is 10.2 Å². The summed E-state index contributed by atoms with van der Waals surface area (Å²) in [4.78, 5) is 12.4. The summed E-state index contributed by atoms with van der Waals surface area (Å²) in [6.45, 7) is -1.33. The normalized spacial score (nSPS) is 12.5. The van der Waals surface area contributed by atoms with Crippen LogP contribution in [0, 0.1) is 0 Å². The molecule has 2 amide bonds. The summed E-state index contributed by atoms with van der Waals surface area (Å²) in [5.41, 5.74) is 2.05. The first kappa shape index (κ1) is 20.0. The van der Waals surface area contributed by atoms with Crippen LogP contribution in [0.5, 0.6) is 0 Å². The van der Waals surface area contributed by atoms with E-state index >= 15 is 0 Å². The van der Waals surface area contributed by atoms with Gasteiger partial charge in [0, 0.05) is 35.0 Å². The van der Waals surface area contributed by atoms with Crippen molar-refractivity contribution in [1.29, 1.82) is 0 Å². The Kier molecular flexibility index (Phi) is 6.79. The van der Waals surface area contributed by atoms with E-state index in [0.29, 0.717) is 16.3 Å². The van der Waals surface area contributed by atoms with Crippen LogP contribution in [0.25, 0.3) is 0 Å². The second-order valence-corrected chi connectivity index (χ2v) is 7.27. The molecule has 2 aromatic rings. The lowest BCUT2D eigenvalue weighted by Crippen LogP contribution is -2.38. The third-order valence-corrected chi connectivity index (χ3v) is 4.75.